The third-order valence-electron chi connectivity index (χ3n) is 4.34. The molecule has 0 saturated heterocycles. The summed E-state index contributed by atoms with van der Waals surface area (Å²) in [6.07, 6.45) is 0. The van der Waals surface area contributed by atoms with Crippen LogP contribution in [0.2, 0.25) is 0 Å². The van der Waals surface area contributed by atoms with Crippen LogP contribution in [0, 0.1) is 0 Å². The smallest absolute Gasteiger partial charge is 0.371 e. The second-order valence-electron chi connectivity index (χ2n) is 5.57. The van der Waals surface area contributed by atoms with E-state index in [1.165, 1.54) is 16.2 Å². The molecule has 4 aromatic carbocycles. The summed E-state index contributed by atoms with van der Waals surface area (Å²) >= 11 is 0. The predicted molar refractivity (Wildman–Crippen MR) is 86.9 cm³/mol. The minimum atomic E-state index is -1.04. The number of benzene rings is 4. The van der Waals surface area contributed by atoms with Gasteiger partial charge in [0.1, 0.15) is 5.58 Å². The third-order valence-corrected chi connectivity index (χ3v) is 4.34. The summed E-state index contributed by atoms with van der Waals surface area (Å²) < 4.78 is 5.59. The molecule has 22 heavy (non-hydrogen) atoms. The SMILES string of the molecule is O=C(O)c1cc2cc3ccc4cccc5ccc(c2o1)c3c45. The molecule has 5 rings (SSSR count). The molecule has 0 fully saturated rings. The Morgan fingerprint density at radius 3 is 2.32 bits per heavy atom. The highest BCUT2D eigenvalue weighted by atomic mass is 16.4. The monoisotopic (exact) mass is 286 g/mol. The third kappa shape index (κ3) is 1.33. The first kappa shape index (κ1) is 11.6. The quantitative estimate of drug-likeness (QED) is 0.440. The van der Waals surface area contributed by atoms with Crippen LogP contribution in [0.15, 0.2) is 59.0 Å². The van der Waals surface area contributed by atoms with Gasteiger partial charge in [0, 0.05) is 16.2 Å². The molecule has 0 aliphatic carbocycles. The molecule has 1 heterocycles. The fourth-order valence-corrected chi connectivity index (χ4v) is 3.41. The van der Waals surface area contributed by atoms with E-state index in [9.17, 15) is 4.79 Å². The first-order valence-electron chi connectivity index (χ1n) is 7.06. The van der Waals surface area contributed by atoms with Crippen LogP contribution in [0.4, 0.5) is 0 Å². The Morgan fingerprint density at radius 1 is 0.818 bits per heavy atom. The van der Waals surface area contributed by atoms with Gasteiger partial charge in [0.15, 0.2) is 0 Å². The summed E-state index contributed by atoms with van der Waals surface area (Å²) in [6, 6.07) is 18.1. The topological polar surface area (TPSA) is 50.4 Å². The molecule has 5 aromatic rings. The number of hydrogen-bond acceptors (Lipinski definition) is 2. The van der Waals surface area contributed by atoms with Gasteiger partial charge in [0.05, 0.1) is 0 Å². The van der Waals surface area contributed by atoms with Gasteiger partial charge in [-0.15, -0.1) is 0 Å². The van der Waals surface area contributed by atoms with Crippen LogP contribution in [-0.4, -0.2) is 11.1 Å². The summed E-state index contributed by atoms with van der Waals surface area (Å²) in [5.74, 6) is -1.07. The van der Waals surface area contributed by atoms with E-state index < -0.39 is 5.97 Å². The van der Waals surface area contributed by atoms with Crippen molar-refractivity contribution in [1.82, 2.24) is 0 Å². The lowest BCUT2D eigenvalue weighted by Gasteiger charge is -2.10. The molecule has 0 radical (unpaired) electrons. The van der Waals surface area contributed by atoms with Crippen molar-refractivity contribution in [3.63, 3.8) is 0 Å². The van der Waals surface area contributed by atoms with Gasteiger partial charge in [-0.25, -0.2) is 4.79 Å². The van der Waals surface area contributed by atoms with E-state index in [1.54, 1.807) is 6.07 Å². The van der Waals surface area contributed by atoms with E-state index >= 15 is 0 Å². The maximum absolute atomic E-state index is 11.2. The summed E-state index contributed by atoms with van der Waals surface area (Å²) in [5.41, 5.74) is 0.642. The predicted octanol–water partition coefficient (Wildman–Crippen LogP) is 5.03. The number of carboxylic acids is 1. The second kappa shape index (κ2) is 3.77. The molecule has 3 nitrogen and oxygen atoms in total. The Kier molecular flexibility index (Phi) is 1.98. The summed E-state index contributed by atoms with van der Waals surface area (Å²) in [5, 5.41) is 16.7. The van der Waals surface area contributed by atoms with E-state index in [0.29, 0.717) is 5.58 Å². The Labute approximate surface area is 124 Å². The molecule has 0 bridgehead atoms. The lowest BCUT2D eigenvalue weighted by Crippen LogP contribution is -1.91. The molecule has 0 atom stereocenters. The normalized spacial score (nSPS) is 12.0. The van der Waals surface area contributed by atoms with Crippen molar-refractivity contribution in [2.24, 2.45) is 0 Å². The molecular formula is C19H10O3. The molecule has 1 aromatic heterocycles. The average Bonchev–Trinajstić information content (AvgIpc) is 2.96. The van der Waals surface area contributed by atoms with E-state index in [-0.39, 0.29) is 5.76 Å². The highest BCUT2D eigenvalue weighted by Crippen LogP contribution is 2.39. The van der Waals surface area contributed by atoms with Gasteiger partial charge >= 0.3 is 5.97 Å². The van der Waals surface area contributed by atoms with Crippen molar-refractivity contribution in [1.29, 1.82) is 0 Å². The van der Waals surface area contributed by atoms with Gasteiger partial charge < -0.3 is 9.52 Å². The number of fused-ring (bicyclic) bond motifs is 2. The van der Waals surface area contributed by atoms with E-state index in [1.807, 2.05) is 18.2 Å². The maximum Gasteiger partial charge on any atom is 0.371 e. The van der Waals surface area contributed by atoms with Crippen LogP contribution in [0.3, 0.4) is 0 Å². The van der Waals surface area contributed by atoms with Gasteiger partial charge in [-0.2, -0.15) is 0 Å². The molecule has 0 aliphatic rings. The van der Waals surface area contributed by atoms with E-state index in [0.717, 1.165) is 21.5 Å². The van der Waals surface area contributed by atoms with Crippen molar-refractivity contribution in [2.75, 3.05) is 0 Å². The highest BCUT2D eigenvalue weighted by Gasteiger charge is 2.16. The van der Waals surface area contributed by atoms with Crippen molar-refractivity contribution >= 4 is 49.3 Å². The highest BCUT2D eigenvalue weighted by molar-refractivity contribution is 6.28. The lowest BCUT2D eigenvalue weighted by molar-refractivity contribution is 0.0665. The van der Waals surface area contributed by atoms with E-state index in [4.69, 9.17) is 9.52 Å². The second-order valence-corrected chi connectivity index (χ2v) is 5.57. The average molecular weight is 286 g/mol. The number of rotatable bonds is 1. The van der Waals surface area contributed by atoms with Crippen molar-refractivity contribution < 1.29 is 14.3 Å². The fraction of sp³-hybridized carbons (Fsp3) is 0. The van der Waals surface area contributed by atoms with Crippen LogP contribution < -0.4 is 0 Å². The largest absolute Gasteiger partial charge is 0.475 e. The fourth-order valence-electron chi connectivity index (χ4n) is 3.41. The van der Waals surface area contributed by atoms with Crippen LogP contribution in [-0.2, 0) is 0 Å². The number of carboxylic acid groups (broad SMARTS) is 1. The van der Waals surface area contributed by atoms with Crippen molar-refractivity contribution in [3.05, 3.63) is 60.4 Å². The zero-order valence-electron chi connectivity index (χ0n) is 11.5. The Hall–Kier alpha value is -3.07. The van der Waals surface area contributed by atoms with Crippen LogP contribution in [0.5, 0.6) is 0 Å². The minimum absolute atomic E-state index is 0.0231. The van der Waals surface area contributed by atoms with Gasteiger partial charge in [-0.3, -0.25) is 0 Å². The van der Waals surface area contributed by atoms with Gasteiger partial charge in [0.25, 0.3) is 0 Å². The maximum atomic E-state index is 11.2. The standard InChI is InChI=1S/C19H10O3/c20-19(21)15-9-13-8-12-5-4-10-2-1-3-11-6-7-14(18(13)22-15)17(12)16(10)11/h1-9H,(H,20,21). The Morgan fingerprint density at radius 2 is 1.55 bits per heavy atom. The number of furan rings is 1. The summed E-state index contributed by atoms with van der Waals surface area (Å²) in [6.45, 7) is 0. The zero-order valence-corrected chi connectivity index (χ0v) is 11.5. The van der Waals surface area contributed by atoms with Gasteiger partial charge in [-0.05, 0) is 39.7 Å². The first-order valence-corrected chi connectivity index (χ1v) is 7.06. The zero-order chi connectivity index (χ0) is 14.8. The summed E-state index contributed by atoms with van der Waals surface area (Å²) in [4.78, 5) is 11.2. The number of hydrogen-bond donors (Lipinski definition) is 1. The molecular weight excluding hydrogens is 276 g/mol. The van der Waals surface area contributed by atoms with Crippen LogP contribution in [0.1, 0.15) is 10.6 Å². The molecule has 0 saturated carbocycles. The molecule has 0 amide bonds. The number of aromatic carboxylic acids is 1. The molecule has 104 valence electrons. The van der Waals surface area contributed by atoms with E-state index in [2.05, 4.69) is 30.3 Å². The molecule has 0 unspecified atom stereocenters. The van der Waals surface area contributed by atoms with Crippen molar-refractivity contribution in [2.45, 2.75) is 0 Å². The molecule has 0 spiro atoms. The van der Waals surface area contributed by atoms with Gasteiger partial charge in [0.2, 0.25) is 5.76 Å². The molecule has 3 heteroatoms. The Balaban J connectivity index is 2.11. The first-order chi connectivity index (χ1) is 10.7. The Bertz CT molecular complexity index is 1180. The number of carbonyl (C=O) groups is 1. The molecule has 0 aliphatic heterocycles. The van der Waals surface area contributed by atoms with Crippen molar-refractivity contribution in [3.8, 4) is 0 Å². The minimum Gasteiger partial charge on any atom is -0.475 e. The summed E-state index contributed by atoms with van der Waals surface area (Å²) in [7, 11) is 0. The van der Waals surface area contributed by atoms with Gasteiger partial charge in [-0.1, -0.05) is 36.4 Å². The lowest BCUT2D eigenvalue weighted by atomic mass is 9.93. The molecule has 1 N–H and O–H groups in total. The van der Waals surface area contributed by atoms with Crippen LogP contribution in [0.25, 0.3) is 43.3 Å². The van der Waals surface area contributed by atoms with Crippen LogP contribution >= 0.6 is 0 Å².